The largest absolute Gasteiger partial charge is 0.333 e. The van der Waals surface area contributed by atoms with E-state index in [0.717, 1.165) is 6.54 Å². The van der Waals surface area contributed by atoms with Crippen molar-refractivity contribution in [1.29, 1.82) is 0 Å². The SMILES string of the molecule is C[NH+]1CCC[NH+](Cc2ccc([N+](=O)[O-])cc2)CC1. The molecule has 1 heterocycles. The second-order valence-electron chi connectivity index (χ2n) is 5.16. The average Bonchev–Trinajstić information content (AvgIpc) is 2.55. The Hall–Kier alpha value is -1.46. The maximum absolute atomic E-state index is 10.6. The lowest BCUT2D eigenvalue weighted by Crippen LogP contribution is -3.15. The lowest BCUT2D eigenvalue weighted by molar-refractivity contribution is -0.938. The van der Waals surface area contributed by atoms with Crippen LogP contribution in [-0.4, -0.2) is 38.2 Å². The highest BCUT2D eigenvalue weighted by molar-refractivity contribution is 5.32. The molecule has 5 heteroatoms. The number of nitro groups is 1. The summed E-state index contributed by atoms with van der Waals surface area (Å²) >= 11 is 0. The maximum atomic E-state index is 10.6. The normalized spacial score (nSPS) is 24.5. The molecule has 2 rings (SSSR count). The number of benzene rings is 1. The molecular weight excluding hydrogens is 230 g/mol. The minimum absolute atomic E-state index is 0.175. The number of non-ortho nitro benzene ring substituents is 1. The molecule has 1 aromatic rings. The van der Waals surface area contributed by atoms with Crippen molar-refractivity contribution in [3.63, 3.8) is 0 Å². The monoisotopic (exact) mass is 251 g/mol. The van der Waals surface area contributed by atoms with Gasteiger partial charge < -0.3 is 9.80 Å². The number of hydrogen-bond acceptors (Lipinski definition) is 2. The summed E-state index contributed by atoms with van der Waals surface area (Å²) in [5.74, 6) is 0. The van der Waals surface area contributed by atoms with Crippen LogP contribution < -0.4 is 9.80 Å². The molecule has 1 saturated heterocycles. The second-order valence-corrected chi connectivity index (χ2v) is 5.16. The van der Waals surface area contributed by atoms with Crippen molar-refractivity contribution < 1.29 is 14.7 Å². The van der Waals surface area contributed by atoms with Crippen molar-refractivity contribution in [3.05, 3.63) is 39.9 Å². The molecule has 0 radical (unpaired) electrons. The summed E-state index contributed by atoms with van der Waals surface area (Å²) in [7, 11) is 2.24. The van der Waals surface area contributed by atoms with Crippen molar-refractivity contribution in [2.45, 2.75) is 13.0 Å². The fourth-order valence-electron chi connectivity index (χ4n) is 2.48. The Labute approximate surface area is 107 Å². The first-order valence-corrected chi connectivity index (χ1v) is 6.53. The maximum Gasteiger partial charge on any atom is 0.269 e. The topological polar surface area (TPSA) is 52.0 Å². The minimum Gasteiger partial charge on any atom is -0.333 e. The Morgan fingerprint density at radius 1 is 1.17 bits per heavy atom. The summed E-state index contributed by atoms with van der Waals surface area (Å²) in [6.07, 6.45) is 1.26. The molecule has 5 nitrogen and oxygen atoms in total. The van der Waals surface area contributed by atoms with E-state index in [9.17, 15) is 10.1 Å². The predicted molar refractivity (Wildman–Crippen MR) is 68.7 cm³/mol. The minimum atomic E-state index is -0.346. The molecular formula is C13H21N3O2+2. The van der Waals surface area contributed by atoms with Crippen LogP contribution in [-0.2, 0) is 6.54 Å². The zero-order valence-corrected chi connectivity index (χ0v) is 10.8. The quantitative estimate of drug-likeness (QED) is 0.529. The van der Waals surface area contributed by atoms with E-state index in [2.05, 4.69) is 7.05 Å². The zero-order valence-electron chi connectivity index (χ0n) is 10.8. The average molecular weight is 251 g/mol. The summed E-state index contributed by atoms with van der Waals surface area (Å²) in [5.41, 5.74) is 1.36. The van der Waals surface area contributed by atoms with Crippen LogP contribution >= 0.6 is 0 Å². The lowest BCUT2D eigenvalue weighted by atomic mass is 10.2. The first-order valence-electron chi connectivity index (χ1n) is 6.53. The summed E-state index contributed by atoms with van der Waals surface area (Å²) in [4.78, 5) is 13.4. The Bertz CT molecular complexity index is 405. The van der Waals surface area contributed by atoms with E-state index in [4.69, 9.17) is 0 Å². The van der Waals surface area contributed by atoms with Crippen LogP contribution in [0, 0.1) is 10.1 Å². The second kappa shape index (κ2) is 5.93. The third-order valence-corrected chi connectivity index (χ3v) is 3.64. The lowest BCUT2D eigenvalue weighted by Gasteiger charge is -2.16. The Morgan fingerprint density at radius 3 is 2.56 bits per heavy atom. The van der Waals surface area contributed by atoms with Gasteiger partial charge in [-0.3, -0.25) is 10.1 Å². The fourth-order valence-corrected chi connectivity index (χ4v) is 2.48. The molecule has 1 aliphatic heterocycles. The van der Waals surface area contributed by atoms with Gasteiger partial charge in [-0.15, -0.1) is 0 Å². The van der Waals surface area contributed by atoms with Crippen molar-refractivity contribution in [2.75, 3.05) is 33.2 Å². The van der Waals surface area contributed by atoms with E-state index in [1.165, 1.54) is 38.2 Å². The van der Waals surface area contributed by atoms with E-state index in [1.807, 2.05) is 12.1 Å². The number of nitrogens with one attached hydrogen (secondary N) is 2. The molecule has 0 aromatic heterocycles. The van der Waals surface area contributed by atoms with Gasteiger partial charge in [0.05, 0.1) is 25.1 Å². The molecule has 0 spiro atoms. The third kappa shape index (κ3) is 3.51. The summed E-state index contributed by atoms with van der Waals surface area (Å²) in [6, 6.07) is 6.97. The predicted octanol–water partition coefficient (Wildman–Crippen LogP) is -1.10. The Morgan fingerprint density at radius 2 is 1.89 bits per heavy atom. The molecule has 2 unspecified atom stereocenters. The van der Waals surface area contributed by atoms with Crippen LogP contribution in [0.15, 0.2) is 24.3 Å². The number of hydrogen-bond donors (Lipinski definition) is 2. The van der Waals surface area contributed by atoms with E-state index in [1.54, 1.807) is 21.9 Å². The smallest absolute Gasteiger partial charge is 0.269 e. The highest BCUT2D eigenvalue weighted by Crippen LogP contribution is 2.10. The first-order chi connectivity index (χ1) is 8.65. The molecule has 1 aliphatic rings. The first kappa shape index (κ1) is 13.0. The van der Waals surface area contributed by atoms with Gasteiger partial charge in [-0.2, -0.15) is 0 Å². The van der Waals surface area contributed by atoms with Crippen LogP contribution in [0.3, 0.4) is 0 Å². The van der Waals surface area contributed by atoms with E-state index in [-0.39, 0.29) is 10.6 Å². The van der Waals surface area contributed by atoms with Crippen molar-refractivity contribution in [3.8, 4) is 0 Å². The van der Waals surface area contributed by atoms with Crippen molar-refractivity contribution in [1.82, 2.24) is 0 Å². The van der Waals surface area contributed by atoms with Crippen molar-refractivity contribution >= 4 is 5.69 Å². The molecule has 18 heavy (non-hydrogen) atoms. The van der Waals surface area contributed by atoms with E-state index in [0.29, 0.717) is 0 Å². The molecule has 2 N–H and O–H groups in total. The molecule has 98 valence electrons. The molecule has 0 amide bonds. The van der Waals surface area contributed by atoms with Gasteiger partial charge in [-0.25, -0.2) is 0 Å². The van der Waals surface area contributed by atoms with E-state index >= 15 is 0 Å². The van der Waals surface area contributed by atoms with Gasteiger partial charge in [-0.05, 0) is 12.1 Å². The number of nitrogens with zero attached hydrogens (tertiary/aromatic N) is 1. The standard InChI is InChI=1S/C13H19N3O2/c1-14-7-2-8-15(10-9-14)11-12-3-5-13(6-4-12)16(17)18/h3-6H,2,7-11H2,1H3/p+2. The molecule has 0 bridgehead atoms. The van der Waals surface area contributed by atoms with Gasteiger partial charge in [0.2, 0.25) is 0 Å². The van der Waals surface area contributed by atoms with Crippen LogP contribution in [0.4, 0.5) is 5.69 Å². The molecule has 0 saturated carbocycles. The number of quaternary nitrogens is 2. The molecule has 0 aliphatic carbocycles. The molecule has 1 aromatic carbocycles. The molecule has 2 atom stereocenters. The molecule has 1 fully saturated rings. The van der Waals surface area contributed by atoms with Gasteiger partial charge in [0.15, 0.2) is 0 Å². The highest BCUT2D eigenvalue weighted by atomic mass is 16.6. The van der Waals surface area contributed by atoms with Crippen molar-refractivity contribution in [2.24, 2.45) is 0 Å². The Balaban J connectivity index is 1.94. The fraction of sp³-hybridized carbons (Fsp3) is 0.538. The van der Waals surface area contributed by atoms with Crippen LogP contribution in [0.5, 0.6) is 0 Å². The van der Waals surface area contributed by atoms with E-state index < -0.39 is 0 Å². The van der Waals surface area contributed by atoms with Crippen LogP contribution in [0.2, 0.25) is 0 Å². The highest BCUT2D eigenvalue weighted by Gasteiger charge is 2.17. The van der Waals surface area contributed by atoms with Gasteiger partial charge in [0, 0.05) is 24.1 Å². The summed E-state index contributed by atoms with van der Waals surface area (Å²) < 4.78 is 0. The van der Waals surface area contributed by atoms with Gasteiger partial charge >= 0.3 is 0 Å². The number of likely N-dealkylation sites (N-methyl/N-ethyl adjacent to an activating group) is 1. The summed E-state index contributed by atoms with van der Waals surface area (Å²) in [6.45, 7) is 5.83. The van der Waals surface area contributed by atoms with Crippen LogP contribution in [0.25, 0.3) is 0 Å². The number of nitro benzene ring substituents is 1. The Kier molecular flexibility index (Phi) is 4.28. The zero-order chi connectivity index (χ0) is 13.0. The van der Waals surface area contributed by atoms with Crippen LogP contribution in [0.1, 0.15) is 12.0 Å². The third-order valence-electron chi connectivity index (χ3n) is 3.64. The number of rotatable bonds is 3. The van der Waals surface area contributed by atoms with Gasteiger partial charge in [-0.1, -0.05) is 0 Å². The van der Waals surface area contributed by atoms with Gasteiger partial charge in [0.25, 0.3) is 5.69 Å². The van der Waals surface area contributed by atoms with Gasteiger partial charge in [0.1, 0.15) is 19.6 Å². The summed E-state index contributed by atoms with van der Waals surface area (Å²) in [5, 5.41) is 10.6.